The van der Waals surface area contributed by atoms with Crippen molar-refractivity contribution >= 4 is 0 Å². The van der Waals surface area contributed by atoms with E-state index in [1.807, 2.05) is 0 Å². The Morgan fingerprint density at radius 1 is 1.33 bits per heavy atom. The molecule has 0 saturated carbocycles. The van der Waals surface area contributed by atoms with E-state index in [0.29, 0.717) is 19.8 Å². The van der Waals surface area contributed by atoms with E-state index in [4.69, 9.17) is 9.84 Å². The van der Waals surface area contributed by atoms with Gasteiger partial charge in [-0.2, -0.15) is 8.78 Å². The topological polar surface area (TPSA) is 32.7 Å². The van der Waals surface area contributed by atoms with Crippen molar-refractivity contribution in [2.75, 3.05) is 32.9 Å². The molecule has 1 saturated heterocycles. The first-order valence-corrected chi connectivity index (χ1v) is 5.99. The second kappa shape index (κ2) is 5.73. The first kappa shape index (κ1) is 13.4. The van der Waals surface area contributed by atoms with Gasteiger partial charge in [0.05, 0.1) is 32.4 Å². The molecule has 1 aromatic carbocycles. The maximum atomic E-state index is 14.1. The molecule has 3 nitrogen and oxygen atoms in total. The normalized spacial score (nSPS) is 22.1. The van der Waals surface area contributed by atoms with E-state index in [-0.39, 0.29) is 24.8 Å². The predicted octanol–water partition coefficient (Wildman–Crippen LogP) is 1.47. The molecule has 5 heteroatoms. The van der Waals surface area contributed by atoms with Gasteiger partial charge in [-0.15, -0.1) is 0 Å². The van der Waals surface area contributed by atoms with Gasteiger partial charge in [0.2, 0.25) is 0 Å². The number of alkyl halides is 2. The summed E-state index contributed by atoms with van der Waals surface area (Å²) >= 11 is 0. The Morgan fingerprint density at radius 3 is 2.72 bits per heavy atom. The lowest BCUT2D eigenvalue weighted by Gasteiger charge is -2.36. The third-order valence-electron chi connectivity index (χ3n) is 3.16. The third kappa shape index (κ3) is 3.04. The molecule has 1 N–H and O–H groups in total. The van der Waals surface area contributed by atoms with Crippen LogP contribution in [0.1, 0.15) is 5.56 Å². The minimum absolute atomic E-state index is 0.00758. The molecular formula is C13H17F2NO2. The molecule has 0 bridgehead atoms. The molecule has 0 spiro atoms. The predicted molar refractivity (Wildman–Crippen MR) is 63.6 cm³/mol. The number of aliphatic hydroxyl groups is 1. The largest absolute Gasteiger partial charge is 0.395 e. The number of halogens is 2. The monoisotopic (exact) mass is 257 g/mol. The second-order valence-electron chi connectivity index (χ2n) is 4.45. The highest BCUT2D eigenvalue weighted by molar-refractivity contribution is 5.20. The molecule has 0 aromatic heterocycles. The molecule has 1 atom stereocenters. The van der Waals surface area contributed by atoms with Crippen LogP contribution in [0.25, 0.3) is 0 Å². The van der Waals surface area contributed by atoms with Gasteiger partial charge in [-0.25, -0.2) is 0 Å². The van der Waals surface area contributed by atoms with E-state index in [0.717, 1.165) is 0 Å². The quantitative estimate of drug-likeness (QED) is 0.886. The van der Waals surface area contributed by atoms with E-state index in [2.05, 4.69) is 0 Å². The maximum absolute atomic E-state index is 14.1. The zero-order valence-electron chi connectivity index (χ0n) is 10.1. The average Bonchev–Trinajstić information content (AvgIpc) is 2.40. The molecule has 2 rings (SSSR count). The zero-order valence-corrected chi connectivity index (χ0v) is 10.1. The minimum Gasteiger partial charge on any atom is -0.395 e. The number of hydrogen-bond acceptors (Lipinski definition) is 3. The fourth-order valence-electron chi connectivity index (χ4n) is 2.09. The molecule has 100 valence electrons. The average molecular weight is 257 g/mol. The van der Waals surface area contributed by atoms with Crippen LogP contribution in [0.3, 0.4) is 0 Å². The van der Waals surface area contributed by atoms with Crippen LogP contribution in [0.4, 0.5) is 8.78 Å². The van der Waals surface area contributed by atoms with Crippen LogP contribution in [-0.4, -0.2) is 49.0 Å². The lowest BCUT2D eigenvalue weighted by atomic mass is 10.1. The number of nitrogens with zero attached hydrogens (tertiary/aromatic N) is 1. The third-order valence-corrected chi connectivity index (χ3v) is 3.16. The summed E-state index contributed by atoms with van der Waals surface area (Å²) in [5, 5.41) is 9.16. The number of rotatable bonds is 4. The number of ether oxygens (including phenoxy) is 1. The van der Waals surface area contributed by atoms with Crippen LogP contribution in [-0.2, 0) is 10.7 Å². The summed E-state index contributed by atoms with van der Waals surface area (Å²) in [6.07, 6.45) is 0. The molecule has 1 aliphatic heterocycles. The van der Waals surface area contributed by atoms with E-state index >= 15 is 0 Å². The van der Waals surface area contributed by atoms with Gasteiger partial charge < -0.3 is 9.84 Å². The molecule has 1 unspecified atom stereocenters. The number of benzene rings is 1. The van der Waals surface area contributed by atoms with Gasteiger partial charge in [0.15, 0.2) is 0 Å². The van der Waals surface area contributed by atoms with Crippen molar-refractivity contribution in [3.8, 4) is 0 Å². The molecule has 0 aliphatic carbocycles. The molecule has 18 heavy (non-hydrogen) atoms. The first-order chi connectivity index (χ1) is 8.63. The molecule has 1 aliphatic rings. The SMILES string of the molecule is OCC1COCCN1CC(F)(F)c1ccccc1. The van der Waals surface area contributed by atoms with Gasteiger partial charge in [0.1, 0.15) is 0 Å². The summed E-state index contributed by atoms with van der Waals surface area (Å²) < 4.78 is 33.3. The van der Waals surface area contributed by atoms with Crippen molar-refractivity contribution in [3.63, 3.8) is 0 Å². The number of aliphatic hydroxyl groups excluding tert-OH is 1. The Bertz CT molecular complexity index is 373. The van der Waals surface area contributed by atoms with E-state index in [1.165, 1.54) is 12.1 Å². The van der Waals surface area contributed by atoms with Crippen LogP contribution in [0.15, 0.2) is 30.3 Å². The molecule has 1 heterocycles. The van der Waals surface area contributed by atoms with Crippen LogP contribution < -0.4 is 0 Å². The van der Waals surface area contributed by atoms with Gasteiger partial charge in [0.25, 0.3) is 5.92 Å². The van der Waals surface area contributed by atoms with Crippen LogP contribution in [0.5, 0.6) is 0 Å². The summed E-state index contributed by atoms with van der Waals surface area (Å²) in [4.78, 5) is 1.59. The van der Waals surface area contributed by atoms with E-state index in [9.17, 15) is 8.78 Å². The van der Waals surface area contributed by atoms with E-state index < -0.39 is 5.92 Å². The van der Waals surface area contributed by atoms with Crippen molar-refractivity contribution in [1.82, 2.24) is 4.90 Å². The summed E-state index contributed by atoms with van der Waals surface area (Å²) in [5.41, 5.74) is 0.00758. The van der Waals surface area contributed by atoms with Crippen LogP contribution in [0.2, 0.25) is 0 Å². The second-order valence-corrected chi connectivity index (χ2v) is 4.45. The summed E-state index contributed by atoms with van der Waals surface area (Å²) in [7, 11) is 0. The number of hydrogen-bond donors (Lipinski definition) is 1. The van der Waals surface area contributed by atoms with Crippen molar-refractivity contribution in [3.05, 3.63) is 35.9 Å². The molecule has 1 aromatic rings. The van der Waals surface area contributed by atoms with Crippen molar-refractivity contribution in [2.45, 2.75) is 12.0 Å². The Hall–Kier alpha value is -1.04. The Kier molecular flexibility index (Phi) is 4.27. The Balaban J connectivity index is 2.07. The fourth-order valence-corrected chi connectivity index (χ4v) is 2.09. The summed E-state index contributed by atoms with van der Waals surface area (Å²) in [6.45, 7) is 0.618. The lowest BCUT2D eigenvalue weighted by molar-refractivity contribution is -0.0921. The molecule has 0 amide bonds. The fraction of sp³-hybridized carbons (Fsp3) is 0.538. The highest BCUT2D eigenvalue weighted by Crippen LogP contribution is 2.29. The lowest BCUT2D eigenvalue weighted by Crippen LogP contribution is -2.51. The Labute approximate surface area is 105 Å². The highest BCUT2D eigenvalue weighted by atomic mass is 19.3. The van der Waals surface area contributed by atoms with E-state index in [1.54, 1.807) is 23.1 Å². The Morgan fingerprint density at radius 2 is 2.06 bits per heavy atom. The maximum Gasteiger partial charge on any atom is 0.285 e. The van der Waals surface area contributed by atoms with Gasteiger partial charge in [-0.3, -0.25) is 4.90 Å². The van der Waals surface area contributed by atoms with Crippen molar-refractivity contribution < 1.29 is 18.6 Å². The molecule has 0 radical (unpaired) electrons. The van der Waals surface area contributed by atoms with Crippen molar-refractivity contribution in [1.29, 1.82) is 0 Å². The standard InChI is InChI=1S/C13H17F2NO2/c14-13(15,11-4-2-1-3-5-11)10-16-6-7-18-9-12(16)8-17/h1-5,12,17H,6-10H2. The minimum atomic E-state index is -2.91. The highest BCUT2D eigenvalue weighted by Gasteiger charge is 2.36. The number of morpholine rings is 1. The van der Waals surface area contributed by atoms with Crippen molar-refractivity contribution in [2.24, 2.45) is 0 Å². The van der Waals surface area contributed by atoms with Gasteiger partial charge in [-0.1, -0.05) is 30.3 Å². The van der Waals surface area contributed by atoms with Gasteiger partial charge in [-0.05, 0) is 0 Å². The van der Waals surface area contributed by atoms with Gasteiger partial charge >= 0.3 is 0 Å². The summed E-state index contributed by atoms with van der Waals surface area (Å²) in [6, 6.07) is 7.43. The van der Waals surface area contributed by atoms with Crippen LogP contribution in [0, 0.1) is 0 Å². The van der Waals surface area contributed by atoms with Gasteiger partial charge in [0, 0.05) is 12.1 Å². The smallest absolute Gasteiger partial charge is 0.285 e. The first-order valence-electron chi connectivity index (χ1n) is 5.99. The molecular weight excluding hydrogens is 240 g/mol. The zero-order chi connectivity index (χ0) is 13.0. The summed E-state index contributed by atoms with van der Waals surface area (Å²) in [5.74, 6) is -2.91. The van der Waals surface area contributed by atoms with Crippen LogP contribution >= 0.6 is 0 Å². The molecule has 1 fully saturated rings.